The Morgan fingerprint density at radius 1 is 1.46 bits per heavy atom. The lowest BCUT2D eigenvalue weighted by Gasteiger charge is -2.27. The van der Waals surface area contributed by atoms with Crippen molar-refractivity contribution < 1.29 is 9.90 Å². The summed E-state index contributed by atoms with van der Waals surface area (Å²) in [5.74, 6) is -0.977. The summed E-state index contributed by atoms with van der Waals surface area (Å²) in [5, 5.41) is 10.1. The zero-order chi connectivity index (χ0) is 19.8. The van der Waals surface area contributed by atoms with Crippen LogP contribution in [-0.4, -0.2) is 38.7 Å². The third-order valence-corrected chi connectivity index (χ3v) is 6.06. The number of nitrogens with zero attached hydrogens (tertiary/aromatic N) is 4. The Bertz CT molecular complexity index is 1100. The molecular weight excluding hydrogens is 398 g/mol. The summed E-state index contributed by atoms with van der Waals surface area (Å²) in [6.07, 6.45) is 4.45. The first kappa shape index (κ1) is 18.8. The fourth-order valence-electron chi connectivity index (χ4n) is 3.38. The molecule has 1 atom stereocenters. The number of hydrogen-bond donors (Lipinski definition) is 2. The number of imidazole rings is 1. The molecule has 0 bridgehead atoms. The van der Waals surface area contributed by atoms with Gasteiger partial charge in [-0.2, -0.15) is 0 Å². The van der Waals surface area contributed by atoms with E-state index in [1.54, 1.807) is 24.2 Å². The topological polar surface area (TPSA) is 97.3 Å². The van der Waals surface area contributed by atoms with E-state index in [1.165, 1.54) is 0 Å². The Kier molecular flexibility index (Phi) is 5.01. The van der Waals surface area contributed by atoms with Crippen molar-refractivity contribution in [2.75, 3.05) is 18.0 Å². The second-order valence-electron chi connectivity index (χ2n) is 6.40. The lowest BCUT2D eigenvalue weighted by molar-refractivity contribution is -0.131. The summed E-state index contributed by atoms with van der Waals surface area (Å²) in [6.45, 7) is 1.13. The summed E-state index contributed by atoms with van der Waals surface area (Å²) in [6, 6.07) is 7.79. The lowest BCUT2D eigenvalue weighted by Crippen LogP contribution is -2.29. The standard InChI is InChI=1S/C19H18ClN5O2S/c1-24-10-22-14-15(24)16-18(23-17(14)20)28-19(25(16)8-7-21)12-4-2-3-11(9-12)5-6-13(26)27/h2-6,9-10,19H,7-8,21H2,1H3,(H,26,27)/b6-5+. The Hall–Kier alpha value is -2.55. The van der Waals surface area contributed by atoms with Crippen LogP contribution in [0.5, 0.6) is 0 Å². The number of hydrogen-bond acceptors (Lipinski definition) is 6. The molecule has 0 radical (unpaired) electrons. The summed E-state index contributed by atoms with van der Waals surface area (Å²) in [7, 11) is 1.93. The first-order chi connectivity index (χ1) is 13.5. The molecule has 1 aliphatic heterocycles. The fourth-order valence-corrected chi connectivity index (χ4v) is 4.96. The maximum atomic E-state index is 10.8. The summed E-state index contributed by atoms with van der Waals surface area (Å²) < 4.78 is 1.94. The van der Waals surface area contributed by atoms with Crippen LogP contribution in [0.15, 0.2) is 41.7 Å². The van der Waals surface area contributed by atoms with Crippen LogP contribution in [0.3, 0.4) is 0 Å². The van der Waals surface area contributed by atoms with Gasteiger partial charge in [0.2, 0.25) is 0 Å². The van der Waals surface area contributed by atoms with E-state index in [9.17, 15) is 4.79 Å². The number of carbonyl (C=O) groups is 1. The number of pyridine rings is 1. The molecule has 0 amide bonds. The van der Waals surface area contributed by atoms with E-state index >= 15 is 0 Å². The molecule has 28 heavy (non-hydrogen) atoms. The molecule has 1 aliphatic rings. The molecule has 1 unspecified atom stereocenters. The van der Waals surface area contributed by atoms with Crippen LogP contribution in [-0.2, 0) is 11.8 Å². The van der Waals surface area contributed by atoms with E-state index in [0.29, 0.717) is 23.8 Å². The number of thioether (sulfide) groups is 1. The molecule has 3 heterocycles. The first-order valence-electron chi connectivity index (χ1n) is 8.64. The Morgan fingerprint density at radius 3 is 3.04 bits per heavy atom. The van der Waals surface area contributed by atoms with Gasteiger partial charge in [-0.05, 0) is 23.3 Å². The minimum absolute atomic E-state index is 0.0409. The van der Waals surface area contributed by atoms with Crippen LogP contribution in [0.1, 0.15) is 16.5 Å². The van der Waals surface area contributed by atoms with Crippen LogP contribution in [0, 0.1) is 0 Å². The highest BCUT2D eigenvalue weighted by molar-refractivity contribution is 8.00. The van der Waals surface area contributed by atoms with Crippen molar-refractivity contribution in [3.8, 4) is 0 Å². The number of carboxylic acid groups (broad SMARTS) is 1. The SMILES string of the molecule is Cn1cnc2c(Cl)nc3c(c21)N(CCN)C(c1cccc(/C=C/C(=O)O)c1)S3. The maximum Gasteiger partial charge on any atom is 0.328 e. The molecule has 3 aromatic rings. The molecule has 0 saturated heterocycles. The molecule has 144 valence electrons. The number of nitrogens with two attached hydrogens (primary N) is 1. The number of aryl methyl sites for hydroxylation is 1. The summed E-state index contributed by atoms with van der Waals surface area (Å²) in [4.78, 5) is 22.0. The molecule has 9 heteroatoms. The number of benzene rings is 1. The van der Waals surface area contributed by atoms with Crippen molar-refractivity contribution in [3.63, 3.8) is 0 Å². The van der Waals surface area contributed by atoms with E-state index in [2.05, 4.69) is 14.9 Å². The van der Waals surface area contributed by atoms with Crippen molar-refractivity contribution >= 4 is 52.1 Å². The van der Waals surface area contributed by atoms with Gasteiger partial charge < -0.3 is 20.3 Å². The third-order valence-electron chi connectivity index (χ3n) is 4.54. The molecule has 2 aromatic heterocycles. The van der Waals surface area contributed by atoms with Gasteiger partial charge in [-0.25, -0.2) is 14.8 Å². The van der Waals surface area contributed by atoms with Crippen LogP contribution in [0.4, 0.5) is 5.69 Å². The van der Waals surface area contributed by atoms with Crippen molar-refractivity contribution in [3.05, 3.63) is 52.9 Å². The minimum Gasteiger partial charge on any atom is -0.478 e. The van der Waals surface area contributed by atoms with E-state index < -0.39 is 5.97 Å². The molecule has 0 saturated carbocycles. The molecular formula is C19H18ClN5O2S. The van der Waals surface area contributed by atoms with Gasteiger partial charge >= 0.3 is 5.97 Å². The van der Waals surface area contributed by atoms with Gasteiger partial charge in [-0.15, -0.1) is 0 Å². The van der Waals surface area contributed by atoms with Crippen molar-refractivity contribution in [1.82, 2.24) is 14.5 Å². The summed E-state index contributed by atoms with van der Waals surface area (Å²) >= 11 is 7.97. The zero-order valence-electron chi connectivity index (χ0n) is 15.0. The second-order valence-corrected chi connectivity index (χ2v) is 7.83. The average molecular weight is 416 g/mol. The van der Waals surface area contributed by atoms with Gasteiger partial charge in [0.1, 0.15) is 15.9 Å². The highest BCUT2D eigenvalue weighted by atomic mass is 35.5. The number of aromatic nitrogens is 3. The lowest BCUT2D eigenvalue weighted by atomic mass is 10.1. The molecule has 4 rings (SSSR count). The minimum atomic E-state index is -0.977. The smallest absolute Gasteiger partial charge is 0.328 e. The van der Waals surface area contributed by atoms with Gasteiger partial charge in [0.15, 0.2) is 5.15 Å². The summed E-state index contributed by atoms with van der Waals surface area (Å²) in [5.41, 5.74) is 10.3. The second kappa shape index (κ2) is 7.46. The molecule has 1 aromatic carbocycles. The number of fused-ring (bicyclic) bond motifs is 3. The Morgan fingerprint density at radius 2 is 2.29 bits per heavy atom. The van der Waals surface area contributed by atoms with E-state index in [1.807, 2.05) is 35.9 Å². The Labute approximate surface area is 170 Å². The van der Waals surface area contributed by atoms with Crippen LogP contribution in [0.25, 0.3) is 17.1 Å². The van der Waals surface area contributed by atoms with Gasteiger partial charge in [0.25, 0.3) is 0 Å². The largest absolute Gasteiger partial charge is 0.478 e. The maximum absolute atomic E-state index is 10.8. The van der Waals surface area contributed by atoms with Crippen molar-refractivity contribution in [2.24, 2.45) is 12.8 Å². The normalized spacial score (nSPS) is 16.2. The monoisotopic (exact) mass is 415 g/mol. The van der Waals surface area contributed by atoms with Crippen LogP contribution >= 0.6 is 23.4 Å². The van der Waals surface area contributed by atoms with Crippen LogP contribution < -0.4 is 10.6 Å². The predicted molar refractivity (Wildman–Crippen MR) is 112 cm³/mol. The number of carboxylic acids is 1. The van der Waals surface area contributed by atoms with E-state index in [4.69, 9.17) is 22.4 Å². The predicted octanol–water partition coefficient (Wildman–Crippen LogP) is 3.29. The number of anilines is 1. The molecule has 0 fully saturated rings. The zero-order valence-corrected chi connectivity index (χ0v) is 16.6. The Balaban J connectivity index is 1.81. The highest BCUT2D eigenvalue weighted by Gasteiger charge is 2.35. The molecule has 0 spiro atoms. The van der Waals surface area contributed by atoms with Gasteiger partial charge in [0, 0.05) is 26.2 Å². The van der Waals surface area contributed by atoms with Gasteiger partial charge in [0.05, 0.1) is 17.5 Å². The first-order valence-corrected chi connectivity index (χ1v) is 9.90. The quantitative estimate of drug-likeness (QED) is 0.487. The van der Waals surface area contributed by atoms with Gasteiger partial charge in [-0.1, -0.05) is 41.6 Å². The van der Waals surface area contributed by atoms with E-state index in [0.717, 1.165) is 33.4 Å². The average Bonchev–Trinajstić information content (AvgIpc) is 3.22. The fraction of sp³-hybridized carbons (Fsp3) is 0.211. The number of aliphatic carboxylic acids is 1. The number of rotatable bonds is 5. The van der Waals surface area contributed by atoms with Crippen LogP contribution in [0.2, 0.25) is 5.15 Å². The van der Waals surface area contributed by atoms with Crippen molar-refractivity contribution in [1.29, 1.82) is 0 Å². The van der Waals surface area contributed by atoms with Crippen molar-refractivity contribution in [2.45, 2.75) is 10.4 Å². The highest BCUT2D eigenvalue weighted by Crippen LogP contribution is 2.53. The van der Waals surface area contributed by atoms with Gasteiger partial charge in [-0.3, -0.25) is 0 Å². The molecule has 0 aliphatic carbocycles. The third kappa shape index (κ3) is 3.23. The number of halogens is 1. The van der Waals surface area contributed by atoms with E-state index in [-0.39, 0.29) is 5.37 Å². The molecule has 7 nitrogen and oxygen atoms in total. The molecule has 3 N–H and O–H groups in total.